The Hall–Kier alpha value is -1.93. The van der Waals surface area contributed by atoms with Crippen LogP contribution >= 0.6 is 0 Å². The van der Waals surface area contributed by atoms with Crippen molar-refractivity contribution in [3.63, 3.8) is 0 Å². The van der Waals surface area contributed by atoms with E-state index >= 15 is 0 Å². The van der Waals surface area contributed by atoms with Gasteiger partial charge >= 0.3 is 0 Å². The lowest BCUT2D eigenvalue weighted by atomic mass is 9.82. The number of carbonyl (C=O) groups is 2. The highest BCUT2D eigenvalue weighted by molar-refractivity contribution is 5.93. The molecule has 8 heteroatoms. The van der Waals surface area contributed by atoms with Gasteiger partial charge in [0.25, 0.3) is 5.91 Å². The molecule has 0 aromatic carbocycles. The average molecular weight is 376 g/mol. The zero-order valence-corrected chi connectivity index (χ0v) is 15.9. The van der Waals surface area contributed by atoms with Crippen LogP contribution in [0.3, 0.4) is 0 Å². The van der Waals surface area contributed by atoms with Crippen molar-refractivity contribution in [2.75, 3.05) is 46.5 Å². The number of carbonyl (C=O) groups excluding carboxylic acids is 2. The molecule has 2 amide bonds. The lowest BCUT2D eigenvalue weighted by molar-refractivity contribution is -0.169. The molecule has 3 aliphatic rings. The molecule has 1 atom stereocenters. The van der Waals surface area contributed by atoms with Crippen LogP contribution in [0.1, 0.15) is 36.2 Å². The maximum Gasteiger partial charge on any atom is 0.274 e. The van der Waals surface area contributed by atoms with E-state index in [1.54, 1.807) is 17.9 Å². The zero-order chi connectivity index (χ0) is 18.9. The summed E-state index contributed by atoms with van der Waals surface area (Å²) >= 11 is 0. The van der Waals surface area contributed by atoms with Gasteiger partial charge in [0.1, 0.15) is 11.3 Å². The molecule has 8 nitrogen and oxygen atoms in total. The maximum atomic E-state index is 12.6. The van der Waals surface area contributed by atoms with Crippen molar-refractivity contribution in [1.82, 2.24) is 19.6 Å². The molecule has 1 aromatic heterocycles. The van der Waals surface area contributed by atoms with Crippen LogP contribution in [-0.4, -0.2) is 83.5 Å². The van der Waals surface area contributed by atoms with E-state index in [9.17, 15) is 9.59 Å². The first-order valence-electron chi connectivity index (χ1n) is 9.82. The second-order valence-corrected chi connectivity index (χ2v) is 7.96. The smallest absolute Gasteiger partial charge is 0.274 e. The molecule has 3 aliphatic heterocycles. The molecule has 0 bridgehead atoms. The monoisotopic (exact) mass is 376 g/mol. The third-order valence-corrected chi connectivity index (χ3v) is 5.91. The van der Waals surface area contributed by atoms with E-state index < -0.39 is 0 Å². The van der Waals surface area contributed by atoms with Crippen LogP contribution in [0.5, 0.6) is 0 Å². The number of aromatic nitrogens is 2. The molecule has 0 radical (unpaired) electrons. The first-order chi connectivity index (χ1) is 13.1. The van der Waals surface area contributed by atoms with Crippen molar-refractivity contribution in [2.45, 2.75) is 37.8 Å². The molecule has 148 valence electrons. The molecule has 4 heterocycles. The van der Waals surface area contributed by atoms with E-state index in [1.165, 1.54) is 0 Å². The van der Waals surface area contributed by atoms with Gasteiger partial charge in [-0.05, 0) is 25.3 Å². The second-order valence-electron chi connectivity index (χ2n) is 7.96. The minimum absolute atomic E-state index is 0.0369. The van der Waals surface area contributed by atoms with Crippen molar-refractivity contribution < 1.29 is 19.1 Å². The minimum atomic E-state index is -0.195. The summed E-state index contributed by atoms with van der Waals surface area (Å²) in [6, 6.07) is 1.76. The van der Waals surface area contributed by atoms with Gasteiger partial charge in [-0.3, -0.25) is 14.3 Å². The highest BCUT2D eigenvalue weighted by atomic mass is 16.5. The van der Waals surface area contributed by atoms with E-state index in [-0.39, 0.29) is 17.4 Å². The fourth-order valence-corrected chi connectivity index (χ4v) is 4.26. The van der Waals surface area contributed by atoms with Crippen LogP contribution < -0.4 is 0 Å². The van der Waals surface area contributed by atoms with E-state index in [2.05, 4.69) is 5.10 Å². The Morgan fingerprint density at radius 3 is 2.96 bits per heavy atom. The molecule has 0 unspecified atom stereocenters. The number of nitrogens with zero attached hydrogens (tertiary/aromatic N) is 4. The van der Waals surface area contributed by atoms with Crippen LogP contribution in [0.2, 0.25) is 0 Å². The number of amides is 2. The van der Waals surface area contributed by atoms with Gasteiger partial charge < -0.3 is 19.3 Å². The number of rotatable bonds is 6. The minimum Gasteiger partial charge on any atom is -0.383 e. The van der Waals surface area contributed by atoms with E-state index in [4.69, 9.17) is 9.47 Å². The van der Waals surface area contributed by atoms with Crippen molar-refractivity contribution >= 4 is 11.8 Å². The van der Waals surface area contributed by atoms with Gasteiger partial charge in [0.05, 0.1) is 32.8 Å². The summed E-state index contributed by atoms with van der Waals surface area (Å²) in [5, 5.41) is 4.33. The molecule has 27 heavy (non-hydrogen) atoms. The van der Waals surface area contributed by atoms with Gasteiger partial charge in [-0.2, -0.15) is 5.10 Å². The Bertz CT molecular complexity index is 688. The lowest BCUT2D eigenvalue weighted by Gasteiger charge is -2.52. The molecule has 0 saturated carbocycles. The predicted octanol–water partition coefficient (Wildman–Crippen LogP) is 0.773. The highest BCUT2D eigenvalue weighted by Gasteiger charge is 2.49. The standard InChI is InChI=1S/C19H28N4O4/c1-26-10-9-23-8-5-16(20-23)18(25)22-13-19(14-22)6-4-15(12-27-19)11-21-7-2-3-17(21)24/h5,8,15H,2-4,6-7,9-14H2,1H3/t15-/m0/s1. The summed E-state index contributed by atoms with van der Waals surface area (Å²) in [5.74, 6) is 0.657. The SMILES string of the molecule is COCCn1ccc(C(=O)N2CC3(CC[C@@H](CN4CCCC4=O)CO3)C2)n1. The average Bonchev–Trinajstić information content (AvgIpc) is 3.28. The maximum absolute atomic E-state index is 12.6. The largest absolute Gasteiger partial charge is 0.383 e. The fourth-order valence-electron chi connectivity index (χ4n) is 4.26. The number of methoxy groups -OCH3 is 1. The van der Waals surface area contributed by atoms with E-state index in [0.29, 0.717) is 50.9 Å². The van der Waals surface area contributed by atoms with Crippen molar-refractivity contribution in [1.29, 1.82) is 0 Å². The summed E-state index contributed by atoms with van der Waals surface area (Å²) in [6.45, 7) is 4.85. The summed E-state index contributed by atoms with van der Waals surface area (Å²) < 4.78 is 12.9. The Labute approximate surface area is 159 Å². The quantitative estimate of drug-likeness (QED) is 0.733. The number of hydrogen-bond acceptors (Lipinski definition) is 5. The third kappa shape index (κ3) is 3.87. The van der Waals surface area contributed by atoms with Gasteiger partial charge in [-0.1, -0.05) is 0 Å². The molecule has 0 N–H and O–H groups in total. The molecule has 0 aliphatic carbocycles. The van der Waals surface area contributed by atoms with Crippen LogP contribution in [0.25, 0.3) is 0 Å². The van der Waals surface area contributed by atoms with Crippen molar-refractivity contribution in [3.05, 3.63) is 18.0 Å². The molecule has 1 spiro atoms. The van der Waals surface area contributed by atoms with Crippen LogP contribution in [0, 0.1) is 5.92 Å². The van der Waals surface area contributed by atoms with Crippen LogP contribution in [0.4, 0.5) is 0 Å². The molecule has 3 fully saturated rings. The predicted molar refractivity (Wildman–Crippen MR) is 97.2 cm³/mol. The highest BCUT2D eigenvalue weighted by Crippen LogP contribution is 2.37. The first-order valence-corrected chi connectivity index (χ1v) is 9.82. The molecule has 4 rings (SSSR count). The summed E-state index contributed by atoms with van der Waals surface area (Å²) in [6.07, 6.45) is 5.48. The molecular formula is C19H28N4O4. The summed E-state index contributed by atoms with van der Waals surface area (Å²) in [5.41, 5.74) is 0.280. The van der Waals surface area contributed by atoms with E-state index in [0.717, 1.165) is 32.4 Å². The lowest BCUT2D eigenvalue weighted by Crippen LogP contribution is -2.66. The molecule has 1 aromatic rings. The molecular weight excluding hydrogens is 348 g/mol. The van der Waals surface area contributed by atoms with Gasteiger partial charge in [-0.25, -0.2) is 0 Å². The number of hydrogen-bond donors (Lipinski definition) is 0. The Morgan fingerprint density at radius 2 is 2.30 bits per heavy atom. The first kappa shape index (κ1) is 18.4. The Balaban J connectivity index is 1.24. The van der Waals surface area contributed by atoms with Crippen molar-refractivity contribution in [3.8, 4) is 0 Å². The Kier molecular flexibility index (Phi) is 5.19. The normalized spacial score (nSPS) is 24.5. The number of likely N-dealkylation sites (tertiary alicyclic amines) is 2. The number of ether oxygens (including phenoxy) is 2. The molecule has 3 saturated heterocycles. The third-order valence-electron chi connectivity index (χ3n) is 5.91. The topological polar surface area (TPSA) is 76.9 Å². The van der Waals surface area contributed by atoms with Gasteiger partial charge in [0.2, 0.25) is 5.91 Å². The van der Waals surface area contributed by atoms with Crippen LogP contribution in [0.15, 0.2) is 12.3 Å². The van der Waals surface area contributed by atoms with Gasteiger partial charge in [0.15, 0.2) is 0 Å². The van der Waals surface area contributed by atoms with Gasteiger partial charge in [-0.15, -0.1) is 0 Å². The van der Waals surface area contributed by atoms with E-state index in [1.807, 2.05) is 16.0 Å². The van der Waals surface area contributed by atoms with Gasteiger partial charge in [0, 0.05) is 38.7 Å². The van der Waals surface area contributed by atoms with Crippen LogP contribution in [-0.2, 0) is 20.8 Å². The van der Waals surface area contributed by atoms with Crippen molar-refractivity contribution in [2.24, 2.45) is 5.92 Å². The summed E-state index contributed by atoms with van der Waals surface area (Å²) in [7, 11) is 1.65. The Morgan fingerprint density at radius 1 is 1.44 bits per heavy atom. The zero-order valence-electron chi connectivity index (χ0n) is 15.9. The fraction of sp³-hybridized carbons (Fsp3) is 0.737. The second kappa shape index (κ2) is 7.59. The summed E-state index contributed by atoms with van der Waals surface area (Å²) in [4.78, 5) is 28.2.